The van der Waals surface area contributed by atoms with Crippen LogP contribution >= 0.6 is 0 Å². The van der Waals surface area contributed by atoms with Crippen LogP contribution in [0, 0.1) is 0 Å². The number of carbonyl (C=O) groups excluding carboxylic acids is 1. The van der Waals surface area contributed by atoms with Crippen LogP contribution < -0.4 is 15.4 Å². The number of aromatic nitrogens is 3. The Balaban J connectivity index is 1.55. The summed E-state index contributed by atoms with van der Waals surface area (Å²) >= 11 is 0. The number of carbonyl (C=O) groups is 1. The van der Waals surface area contributed by atoms with Gasteiger partial charge in [-0.15, -0.1) is 0 Å². The summed E-state index contributed by atoms with van der Waals surface area (Å²) in [6, 6.07) is 9.03. The molecule has 4 rings (SSSR count). The molecule has 0 unspecified atom stereocenters. The van der Waals surface area contributed by atoms with E-state index in [0.717, 1.165) is 30.4 Å². The molecule has 7 heteroatoms. The average Bonchev–Trinajstić information content (AvgIpc) is 3.26. The van der Waals surface area contributed by atoms with Crippen molar-refractivity contribution >= 4 is 22.5 Å². The van der Waals surface area contributed by atoms with Crippen molar-refractivity contribution < 1.29 is 9.53 Å². The minimum atomic E-state index is -0.244. The Bertz CT molecular complexity index is 870. The van der Waals surface area contributed by atoms with Gasteiger partial charge in [-0.05, 0) is 43.3 Å². The fraction of sp³-hybridized carbons (Fsp3) is 0.235. The summed E-state index contributed by atoms with van der Waals surface area (Å²) in [6.07, 6.45) is 4.31. The fourth-order valence-electron chi connectivity index (χ4n) is 2.76. The molecule has 3 N–H and O–H groups in total. The third kappa shape index (κ3) is 2.93. The van der Waals surface area contributed by atoms with E-state index >= 15 is 0 Å². The Labute approximate surface area is 138 Å². The van der Waals surface area contributed by atoms with Crippen LogP contribution in [0.25, 0.3) is 10.9 Å². The summed E-state index contributed by atoms with van der Waals surface area (Å²) in [5, 5.41) is 13.9. The molecular weight excluding hydrogens is 306 g/mol. The summed E-state index contributed by atoms with van der Waals surface area (Å²) in [7, 11) is 0. The highest BCUT2D eigenvalue weighted by molar-refractivity contribution is 6.06. The number of rotatable bonds is 4. The van der Waals surface area contributed by atoms with Gasteiger partial charge in [0, 0.05) is 23.8 Å². The average molecular weight is 323 g/mol. The highest BCUT2D eigenvalue weighted by Gasteiger charge is 2.20. The largest absolute Gasteiger partial charge is 0.472 e. The molecule has 24 heavy (non-hydrogen) atoms. The molecule has 0 radical (unpaired) electrons. The lowest BCUT2D eigenvalue weighted by Crippen LogP contribution is -2.22. The zero-order valence-corrected chi connectivity index (χ0v) is 13.0. The molecule has 1 fully saturated rings. The summed E-state index contributed by atoms with van der Waals surface area (Å²) in [4.78, 5) is 16.8. The SMILES string of the molecule is O=C(Nc1ccc2[nH]ncc2c1)c1cccnc1O[C@@H]1CCNC1. The number of pyridine rings is 1. The summed E-state index contributed by atoms with van der Waals surface area (Å²) in [6.45, 7) is 1.69. The Morgan fingerprint density at radius 2 is 2.29 bits per heavy atom. The summed E-state index contributed by atoms with van der Waals surface area (Å²) in [5.41, 5.74) is 2.05. The van der Waals surface area contributed by atoms with Crippen molar-refractivity contribution in [3.05, 3.63) is 48.3 Å². The summed E-state index contributed by atoms with van der Waals surface area (Å²) < 4.78 is 5.87. The van der Waals surface area contributed by atoms with Crippen molar-refractivity contribution in [2.45, 2.75) is 12.5 Å². The number of anilines is 1. The maximum atomic E-state index is 12.6. The molecule has 1 aromatic carbocycles. The molecule has 1 saturated heterocycles. The Morgan fingerprint density at radius 1 is 1.33 bits per heavy atom. The maximum absolute atomic E-state index is 12.6. The topological polar surface area (TPSA) is 91.9 Å². The molecule has 1 aliphatic rings. The lowest BCUT2D eigenvalue weighted by Gasteiger charge is -2.14. The summed E-state index contributed by atoms with van der Waals surface area (Å²) in [5.74, 6) is 0.125. The molecule has 0 bridgehead atoms. The first-order chi connectivity index (χ1) is 11.8. The van der Waals surface area contributed by atoms with E-state index in [1.54, 1.807) is 24.5 Å². The fourth-order valence-corrected chi connectivity index (χ4v) is 2.76. The first-order valence-corrected chi connectivity index (χ1v) is 7.86. The van der Waals surface area contributed by atoms with Gasteiger partial charge in [0.15, 0.2) is 0 Å². The second-order valence-corrected chi connectivity index (χ2v) is 5.71. The van der Waals surface area contributed by atoms with Crippen LogP contribution in [-0.4, -0.2) is 40.3 Å². The second kappa shape index (κ2) is 6.29. The number of aromatic amines is 1. The monoisotopic (exact) mass is 323 g/mol. The molecule has 3 aromatic rings. The van der Waals surface area contributed by atoms with Crippen molar-refractivity contribution in [1.29, 1.82) is 0 Å². The zero-order valence-electron chi connectivity index (χ0n) is 13.0. The van der Waals surface area contributed by atoms with Crippen LogP contribution in [-0.2, 0) is 0 Å². The van der Waals surface area contributed by atoms with E-state index in [1.807, 2.05) is 18.2 Å². The van der Waals surface area contributed by atoms with Gasteiger partial charge in [-0.3, -0.25) is 9.89 Å². The number of nitrogens with zero attached hydrogens (tertiary/aromatic N) is 2. The maximum Gasteiger partial charge on any atom is 0.261 e. The van der Waals surface area contributed by atoms with Gasteiger partial charge < -0.3 is 15.4 Å². The Kier molecular flexibility index (Phi) is 3.84. The van der Waals surface area contributed by atoms with Crippen molar-refractivity contribution in [2.75, 3.05) is 18.4 Å². The lowest BCUT2D eigenvalue weighted by atomic mass is 10.2. The second-order valence-electron chi connectivity index (χ2n) is 5.71. The van der Waals surface area contributed by atoms with E-state index in [-0.39, 0.29) is 12.0 Å². The van der Waals surface area contributed by atoms with Crippen LogP contribution in [0.3, 0.4) is 0 Å². The van der Waals surface area contributed by atoms with Gasteiger partial charge in [-0.25, -0.2) is 4.98 Å². The molecule has 0 saturated carbocycles. The highest BCUT2D eigenvalue weighted by atomic mass is 16.5. The van der Waals surface area contributed by atoms with E-state index in [2.05, 4.69) is 25.8 Å². The first-order valence-electron chi connectivity index (χ1n) is 7.86. The number of nitrogens with one attached hydrogen (secondary N) is 3. The van der Waals surface area contributed by atoms with Gasteiger partial charge in [0.05, 0.1) is 11.7 Å². The van der Waals surface area contributed by atoms with E-state index < -0.39 is 0 Å². The highest BCUT2D eigenvalue weighted by Crippen LogP contribution is 2.21. The number of benzene rings is 1. The Hall–Kier alpha value is -2.93. The standard InChI is InChI=1S/C17H17N5O2/c23-16(21-12-3-4-15-11(8-12)9-20-22-15)14-2-1-6-19-17(14)24-13-5-7-18-10-13/h1-4,6,8-9,13,18H,5,7,10H2,(H,20,22)(H,21,23)/t13-/m1/s1. The third-order valence-corrected chi connectivity index (χ3v) is 4.01. The molecule has 1 atom stereocenters. The predicted octanol–water partition coefficient (Wildman–Crippen LogP) is 1.95. The van der Waals surface area contributed by atoms with Gasteiger partial charge in [0.25, 0.3) is 5.91 Å². The number of hydrogen-bond donors (Lipinski definition) is 3. The molecule has 3 heterocycles. The molecule has 7 nitrogen and oxygen atoms in total. The van der Waals surface area contributed by atoms with Crippen LogP contribution in [0.1, 0.15) is 16.8 Å². The van der Waals surface area contributed by atoms with Gasteiger partial charge in [0.1, 0.15) is 11.7 Å². The predicted molar refractivity (Wildman–Crippen MR) is 90.2 cm³/mol. The number of amides is 1. The van der Waals surface area contributed by atoms with Crippen LogP contribution in [0.2, 0.25) is 0 Å². The molecule has 1 amide bonds. The van der Waals surface area contributed by atoms with Crippen LogP contribution in [0.4, 0.5) is 5.69 Å². The third-order valence-electron chi connectivity index (χ3n) is 4.01. The van der Waals surface area contributed by atoms with E-state index in [0.29, 0.717) is 17.1 Å². The number of ether oxygens (including phenoxy) is 1. The smallest absolute Gasteiger partial charge is 0.261 e. The van der Waals surface area contributed by atoms with Crippen molar-refractivity contribution in [3.8, 4) is 5.88 Å². The molecule has 0 aliphatic carbocycles. The van der Waals surface area contributed by atoms with Crippen molar-refractivity contribution in [2.24, 2.45) is 0 Å². The first kappa shape index (κ1) is 14.6. The lowest BCUT2D eigenvalue weighted by molar-refractivity contribution is 0.101. The molecule has 0 spiro atoms. The van der Waals surface area contributed by atoms with Crippen LogP contribution in [0.15, 0.2) is 42.7 Å². The quantitative estimate of drug-likeness (QED) is 0.682. The van der Waals surface area contributed by atoms with Crippen molar-refractivity contribution in [3.63, 3.8) is 0 Å². The van der Waals surface area contributed by atoms with Gasteiger partial charge in [-0.2, -0.15) is 5.10 Å². The van der Waals surface area contributed by atoms with E-state index in [4.69, 9.17) is 4.74 Å². The Morgan fingerprint density at radius 3 is 3.17 bits per heavy atom. The number of hydrogen-bond acceptors (Lipinski definition) is 5. The number of fused-ring (bicyclic) bond motifs is 1. The van der Waals surface area contributed by atoms with Crippen LogP contribution in [0.5, 0.6) is 5.88 Å². The molecule has 122 valence electrons. The van der Waals surface area contributed by atoms with Gasteiger partial charge >= 0.3 is 0 Å². The van der Waals surface area contributed by atoms with E-state index in [1.165, 1.54) is 0 Å². The zero-order chi connectivity index (χ0) is 16.4. The molecule has 1 aliphatic heterocycles. The molecular formula is C17H17N5O2. The minimum absolute atomic E-state index is 0.0498. The minimum Gasteiger partial charge on any atom is -0.472 e. The number of H-pyrrole nitrogens is 1. The van der Waals surface area contributed by atoms with Gasteiger partial charge in [0.2, 0.25) is 5.88 Å². The van der Waals surface area contributed by atoms with Crippen molar-refractivity contribution in [1.82, 2.24) is 20.5 Å². The van der Waals surface area contributed by atoms with Gasteiger partial charge in [-0.1, -0.05) is 0 Å². The molecule has 2 aromatic heterocycles. The normalized spacial score (nSPS) is 17.1. The van der Waals surface area contributed by atoms with E-state index in [9.17, 15) is 4.79 Å².